The number of hydrogen-bond acceptors (Lipinski definition) is 1. The van der Waals surface area contributed by atoms with E-state index in [0.717, 1.165) is 12.5 Å². The van der Waals surface area contributed by atoms with Crippen molar-refractivity contribution in [2.75, 3.05) is 13.1 Å². The zero-order valence-electron chi connectivity index (χ0n) is 9.81. The molecule has 0 aromatic heterocycles. The normalized spacial score (nSPS) is 22.6. The number of allylic oxidation sites excluding steroid dienone is 1. The van der Waals surface area contributed by atoms with Gasteiger partial charge in [-0.2, -0.15) is 0 Å². The summed E-state index contributed by atoms with van der Waals surface area (Å²) >= 11 is 0. The molecule has 1 aliphatic rings. The lowest BCUT2D eigenvalue weighted by molar-refractivity contribution is 0.525. The van der Waals surface area contributed by atoms with Gasteiger partial charge in [-0.05, 0) is 38.1 Å². The first-order valence-corrected chi connectivity index (χ1v) is 6.27. The van der Waals surface area contributed by atoms with E-state index in [2.05, 4.69) is 25.2 Å². The van der Waals surface area contributed by atoms with Crippen LogP contribution in [0.25, 0.3) is 0 Å². The minimum Gasteiger partial charge on any atom is -0.313 e. The number of hydrogen-bond donors (Lipinski definition) is 1. The fourth-order valence-electron chi connectivity index (χ4n) is 2.12. The van der Waals surface area contributed by atoms with E-state index in [1.54, 1.807) is 5.57 Å². The molecule has 1 atom stereocenters. The molecule has 0 radical (unpaired) electrons. The molecule has 1 rings (SSSR count). The van der Waals surface area contributed by atoms with E-state index in [4.69, 9.17) is 0 Å². The van der Waals surface area contributed by atoms with E-state index in [1.165, 1.54) is 45.1 Å². The third-order valence-corrected chi connectivity index (χ3v) is 3.13. The lowest BCUT2D eigenvalue weighted by atomic mass is 9.94. The van der Waals surface area contributed by atoms with E-state index in [9.17, 15) is 0 Å². The number of piperidine rings is 1. The first kappa shape index (κ1) is 11.8. The van der Waals surface area contributed by atoms with E-state index < -0.39 is 0 Å². The third-order valence-electron chi connectivity index (χ3n) is 3.13. The number of rotatable bonds is 5. The highest BCUT2D eigenvalue weighted by Crippen LogP contribution is 2.19. The minimum absolute atomic E-state index is 0.838. The van der Waals surface area contributed by atoms with Gasteiger partial charge in [-0.15, -0.1) is 0 Å². The molecule has 1 fully saturated rings. The minimum atomic E-state index is 0.838. The molecule has 82 valence electrons. The third kappa shape index (κ3) is 4.28. The summed E-state index contributed by atoms with van der Waals surface area (Å²) in [6, 6.07) is 0. The molecular formula is C13H25N. The Labute approximate surface area is 89.0 Å². The highest BCUT2D eigenvalue weighted by atomic mass is 14.9. The summed E-state index contributed by atoms with van der Waals surface area (Å²) in [6.07, 6.45) is 10.6. The van der Waals surface area contributed by atoms with Gasteiger partial charge in [0.25, 0.3) is 0 Å². The molecule has 1 saturated heterocycles. The fraction of sp³-hybridized carbons (Fsp3) is 0.846. The molecule has 1 nitrogen and oxygen atoms in total. The van der Waals surface area contributed by atoms with Crippen molar-refractivity contribution in [1.29, 1.82) is 0 Å². The summed E-state index contributed by atoms with van der Waals surface area (Å²) in [5, 5.41) is 3.45. The predicted octanol–water partition coefficient (Wildman–Crippen LogP) is 3.51. The summed E-state index contributed by atoms with van der Waals surface area (Å²) < 4.78 is 0. The van der Waals surface area contributed by atoms with Crippen LogP contribution in [0.3, 0.4) is 0 Å². The lowest BCUT2D eigenvalue weighted by Crippen LogP contribution is -2.24. The maximum Gasteiger partial charge on any atom is 0.0164 e. The lowest BCUT2D eigenvalue weighted by Gasteiger charge is -2.18. The number of unbranched alkanes of at least 4 members (excludes halogenated alkanes) is 1. The van der Waals surface area contributed by atoms with E-state index in [0.29, 0.717) is 0 Å². The second-order valence-electron chi connectivity index (χ2n) is 4.42. The smallest absolute Gasteiger partial charge is 0.0164 e. The summed E-state index contributed by atoms with van der Waals surface area (Å²) in [5.41, 5.74) is 1.65. The van der Waals surface area contributed by atoms with Crippen molar-refractivity contribution in [3.8, 4) is 0 Å². The molecule has 0 saturated carbocycles. The van der Waals surface area contributed by atoms with E-state index in [1.807, 2.05) is 0 Å². The van der Waals surface area contributed by atoms with Crippen LogP contribution in [-0.4, -0.2) is 13.1 Å². The van der Waals surface area contributed by atoms with Gasteiger partial charge in [0.2, 0.25) is 0 Å². The van der Waals surface area contributed by atoms with Crippen LogP contribution in [0, 0.1) is 5.92 Å². The summed E-state index contributed by atoms with van der Waals surface area (Å²) in [7, 11) is 0. The molecule has 1 aliphatic heterocycles. The number of nitrogens with one attached hydrogen (secondary N) is 1. The second kappa shape index (κ2) is 7.05. The second-order valence-corrected chi connectivity index (χ2v) is 4.42. The van der Waals surface area contributed by atoms with Crippen LogP contribution >= 0.6 is 0 Å². The average Bonchev–Trinajstić information content (AvgIpc) is 2.25. The van der Waals surface area contributed by atoms with Gasteiger partial charge >= 0.3 is 0 Å². The molecule has 1 unspecified atom stereocenters. The first-order chi connectivity index (χ1) is 6.86. The molecule has 1 heteroatoms. The van der Waals surface area contributed by atoms with Gasteiger partial charge in [-0.25, -0.2) is 0 Å². The molecule has 0 aromatic carbocycles. The Morgan fingerprint density at radius 3 is 2.86 bits per heavy atom. The zero-order chi connectivity index (χ0) is 10.2. The largest absolute Gasteiger partial charge is 0.313 e. The molecular weight excluding hydrogens is 170 g/mol. The van der Waals surface area contributed by atoms with Crippen LogP contribution in [0.4, 0.5) is 0 Å². The van der Waals surface area contributed by atoms with Gasteiger partial charge in [-0.3, -0.25) is 0 Å². The molecule has 0 bridgehead atoms. The molecule has 0 aliphatic carbocycles. The first-order valence-electron chi connectivity index (χ1n) is 6.27. The van der Waals surface area contributed by atoms with Crippen LogP contribution in [0.1, 0.15) is 52.4 Å². The quantitative estimate of drug-likeness (QED) is 0.662. The Balaban J connectivity index is 2.35. The van der Waals surface area contributed by atoms with E-state index >= 15 is 0 Å². The molecule has 0 amide bonds. The van der Waals surface area contributed by atoms with Crippen molar-refractivity contribution < 1.29 is 0 Å². The van der Waals surface area contributed by atoms with Crippen LogP contribution in [0.5, 0.6) is 0 Å². The van der Waals surface area contributed by atoms with Crippen LogP contribution in [0.2, 0.25) is 0 Å². The molecule has 0 aromatic rings. The Hall–Kier alpha value is -0.300. The average molecular weight is 195 g/mol. The zero-order valence-corrected chi connectivity index (χ0v) is 9.81. The SMILES string of the molecule is CCCCC(/C=C1\CCCNC1)CC. The van der Waals surface area contributed by atoms with Crippen molar-refractivity contribution in [1.82, 2.24) is 5.32 Å². The molecule has 0 spiro atoms. The fourth-order valence-corrected chi connectivity index (χ4v) is 2.12. The van der Waals surface area contributed by atoms with Crippen LogP contribution in [-0.2, 0) is 0 Å². The Morgan fingerprint density at radius 2 is 2.29 bits per heavy atom. The maximum atomic E-state index is 3.45. The predicted molar refractivity (Wildman–Crippen MR) is 63.5 cm³/mol. The monoisotopic (exact) mass is 195 g/mol. The van der Waals surface area contributed by atoms with Crippen LogP contribution in [0.15, 0.2) is 11.6 Å². The van der Waals surface area contributed by atoms with Gasteiger partial charge < -0.3 is 5.32 Å². The Morgan fingerprint density at radius 1 is 1.43 bits per heavy atom. The van der Waals surface area contributed by atoms with Crippen molar-refractivity contribution in [2.45, 2.75) is 52.4 Å². The van der Waals surface area contributed by atoms with Crippen molar-refractivity contribution >= 4 is 0 Å². The summed E-state index contributed by atoms with van der Waals surface area (Å²) in [6.45, 7) is 6.95. The van der Waals surface area contributed by atoms with E-state index in [-0.39, 0.29) is 0 Å². The van der Waals surface area contributed by atoms with Gasteiger partial charge in [0, 0.05) is 6.54 Å². The highest BCUT2D eigenvalue weighted by Gasteiger charge is 2.07. The topological polar surface area (TPSA) is 12.0 Å². The standard InChI is InChI=1S/C13H25N/c1-3-5-7-12(4-2)10-13-8-6-9-14-11-13/h10,12,14H,3-9,11H2,1-2H3/b13-10+. The van der Waals surface area contributed by atoms with Crippen molar-refractivity contribution in [3.63, 3.8) is 0 Å². The molecule has 1 heterocycles. The van der Waals surface area contributed by atoms with Gasteiger partial charge in [0.1, 0.15) is 0 Å². The summed E-state index contributed by atoms with van der Waals surface area (Å²) in [4.78, 5) is 0. The van der Waals surface area contributed by atoms with Crippen molar-refractivity contribution in [2.24, 2.45) is 5.92 Å². The maximum absolute atomic E-state index is 3.45. The Kier molecular flexibility index (Phi) is 5.93. The van der Waals surface area contributed by atoms with Gasteiger partial charge in [0.15, 0.2) is 0 Å². The highest BCUT2D eigenvalue weighted by molar-refractivity contribution is 5.08. The molecule has 1 N–H and O–H groups in total. The van der Waals surface area contributed by atoms with Crippen LogP contribution < -0.4 is 5.32 Å². The van der Waals surface area contributed by atoms with Crippen molar-refractivity contribution in [3.05, 3.63) is 11.6 Å². The Bertz CT molecular complexity index is 164. The van der Waals surface area contributed by atoms with Gasteiger partial charge in [-0.1, -0.05) is 38.3 Å². The van der Waals surface area contributed by atoms with Gasteiger partial charge in [0.05, 0.1) is 0 Å². The molecule has 14 heavy (non-hydrogen) atoms. The summed E-state index contributed by atoms with van der Waals surface area (Å²) in [5.74, 6) is 0.838.